The third-order valence-corrected chi connectivity index (χ3v) is 5.68. The quantitative estimate of drug-likeness (QED) is 0.757. The van der Waals surface area contributed by atoms with Crippen molar-refractivity contribution in [2.75, 3.05) is 13.6 Å². The Morgan fingerprint density at radius 2 is 1.36 bits per heavy atom. The number of benzene rings is 2. The highest BCUT2D eigenvalue weighted by atomic mass is 15.1. The summed E-state index contributed by atoms with van der Waals surface area (Å²) >= 11 is 0. The molecule has 0 saturated heterocycles. The van der Waals surface area contributed by atoms with Crippen molar-refractivity contribution in [3.63, 3.8) is 0 Å². The highest BCUT2D eigenvalue weighted by molar-refractivity contribution is 5.54. The van der Waals surface area contributed by atoms with Crippen LogP contribution in [0.2, 0.25) is 0 Å². The molecule has 0 spiro atoms. The monoisotopic (exact) mass is 334 g/mol. The Morgan fingerprint density at radius 3 is 1.84 bits per heavy atom. The van der Waals surface area contributed by atoms with Crippen molar-refractivity contribution in [1.29, 1.82) is 5.26 Å². The molecule has 1 atom stereocenters. The fourth-order valence-corrected chi connectivity index (χ4v) is 3.99. The van der Waals surface area contributed by atoms with E-state index in [0.29, 0.717) is 6.54 Å². The summed E-state index contributed by atoms with van der Waals surface area (Å²) in [7, 11) is 2.10. The third-order valence-electron chi connectivity index (χ3n) is 5.68. The average molecular weight is 335 g/mol. The molecule has 2 aromatic rings. The van der Waals surface area contributed by atoms with Crippen LogP contribution in [0.15, 0.2) is 30.3 Å². The lowest BCUT2D eigenvalue weighted by molar-refractivity contribution is 0.280. The largest absolute Gasteiger partial charge is 0.300 e. The van der Waals surface area contributed by atoms with E-state index in [4.69, 9.17) is 0 Å². The van der Waals surface area contributed by atoms with E-state index < -0.39 is 5.41 Å². The van der Waals surface area contributed by atoms with Gasteiger partial charge in [0.25, 0.3) is 0 Å². The zero-order chi connectivity index (χ0) is 18.8. The molecule has 25 heavy (non-hydrogen) atoms. The Morgan fingerprint density at radius 1 is 0.880 bits per heavy atom. The summed E-state index contributed by atoms with van der Waals surface area (Å²) in [5.74, 6) is 0. The van der Waals surface area contributed by atoms with Crippen LogP contribution in [0.3, 0.4) is 0 Å². The maximum absolute atomic E-state index is 10.1. The maximum Gasteiger partial charge on any atom is 0.0926 e. The minimum absolute atomic E-state index is 0.527. The summed E-state index contributed by atoms with van der Waals surface area (Å²) in [4.78, 5) is 2.25. The molecule has 132 valence electrons. The van der Waals surface area contributed by atoms with Crippen LogP contribution < -0.4 is 0 Å². The fraction of sp³-hybridized carbons (Fsp3) is 0.435. The molecule has 0 radical (unpaired) electrons. The fourth-order valence-electron chi connectivity index (χ4n) is 3.99. The highest BCUT2D eigenvalue weighted by Gasteiger charge is 2.33. The molecule has 1 unspecified atom stereocenters. The van der Waals surface area contributed by atoms with Gasteiger partial charge in [0, 0.05) is 13.1 Å². The molecule has 2 heteroatoms. The molecule has 2 rings (SSSR count). The van der Waals surface area contributed by atoms with Gasteiger partial charge in [0.2, 0.25) is 0 Å². The van der Waals surface area contributed by atoms with Crippen LogP contribution in [0.1, 0.15) is 45.9 Å². The molecular weight excluding hydrogens is 304 g/mol. The summed E-state index contributed by atoms with van der Waals surface area (Å²) in [6, 6.07) is 13.1. The number of likely N-dealkylation sites (N-methyl/N-ethyl adjacent to an activating group) is 1. The molecule has 0 aliphatic carbocycles. The first-order valence-corrected chi connectivity index (χ1v) is 8.92. The van der Waals surface area contributed by atoms with Crippen LogP contribution in [-0.4, -0.2) is 18.5 Å². The standard InChI is InChI=1S/C23H30N2/c1-16-17(2)19(4)22(20(5)18(16)3)23(6,14-24)15-25(7)13-21-11-9-8-10-12-21/h8-12H,13,15H2,1-7H3. The van der Waals surface area contributed by atoms with Crippen LogP contribution in [0, 0.1) is 45.9 Å². The summed E-state index contributed by atoms with van der Waals surface area (Å²) in [6.45, 7) is 14.5. The van der Waals surface area contributed by atoms with Crippen LogP contribution in [0.25, 0.3) is 0 Å². The van der Waals surface area contributed by atoms with E-state index in [1.165, 1.54) is 38.9 Å². The Bertz CT molecular complexity index is 770. The zero-order valence-electron chi connectivity index (χ0n) is 16.7. The van der Waals surface area contributed by atoms with Crippen molar-refractivity contribution in [2.45, 2.75) is 53.5 Å². The Balaban J connectivity index is 2.40. The van der Waals surface area contributed by atoms with E-state index >= 15 is 0 Å². The van der Waals surface area contributed by atoms with Crippen LogP contribution >= 0.6 is 0 Å². The van der Waals surface area contributed by atoms with Gasteiger partial charge in [0.1, 0.15) is 0 Å². The van der Waals surface area contributed by atoms with Crippen molar-refractivity contribution >= 4 is 0 Å². The first kappa shape index (κ1) is 19.2. The van der Waals surface area contributed by atoms with Crippen molar-refractivity contribution in [3.8, 4) is 6.07 Å². The summed E-state index contributed by atoms with van der Waals surface area (Å²) in [5.41, 5.74) is 8.44. The molecule has 0 heterocycles. The smallest absolute Gasteiger partial charge is 0.0926 e. The maximum atomic E-state index is 10.1. The van der Waals surface area contributed by atoms with Crippen molar-refractivity contribution < 1.29 is 0 Å². The minimum Gasteiger partial charge on any atom is -0.300 e. The minimum atomic E-state index is -0.527. The van der Waals surface area contributed by atoms with Gasteiger partial charge >= 0.3 is 0 Å². The molecule has 0 aliphatic rings. The molecule has 2 aromatic carbocycles. The molecule has 0 N–H and O–H groups in total. The van der Waals surface area contributed by atoms with E-state index in [1.54, 1.807) is 0 Å². The first-order chi connectivity index (χ1) is 11.7. The molecule has 2 nitrogen and oxygen atoms in total. The average Bonchev–Trinajstić information content (AvgIpc) is 2.59. The number of hydrogen-bond acceptors (Lipinski definition) is 2. The van der Waals surface area contributed by atoms with Gasteiger partial charge in [-0.3, -0.25) is 0 Å². The molecule has 0 aliphatic heterocycles. The molecule has 0 fully saturated rings. The number of rotatable bonds is 5. The van der Waals surface area contributed by atoms with Crippen molar-refractivity contribution in [2.24, 2.45) is 0 Å². The van der Waals surface area contributed by atoms with E-state index in [2.05, 4.69) is 83.8 Å². The molecular formula is C23H30N2. The normalized spacial score (nSPS) is 13.6. The number of hydrogen-bond donors (Lipinski definition) is 0. The lowest BCUT2D eigenvalue weighted by Crippen LogP contribution is -2.37. The van der Waals surface area contributed by atoms with Gasteiger partial charge < -0.3 is 4.90 Å². The second kappa shape index (κ2) is 7.42. The van der Waals surface area contributed by atoms with Gasteiger partial charge in [-0.05, 0) is 87.5 Å². The predicted octanol–water partition coefficient (Wildman–Crippen LogP) is 5.14. The zero-order valence-corrected chi connectivity index (χ0v) is 16.7. The lowest BCUT2D eigenvalue weighted by Gasteiger charge is -2.33. The van der Waals surface area contributed by atoms with Crippen molar-refractivity contribution in [1.82, 2.24) is 4.90 Å². The third kappa shape index (κ3) is 3.78. The van der Waals surface area contributed by atoms with E-state index in [-0.39, 0.29) is 0 Å². The summed E-state index contributed by atoms with van der Waals surface area (Å²) < 4.78 is 0. The van der Waals surface area contributed by atoms with Gasteiger partial charge in [-0.1, -0.05) is 30.3 Å². The molecule has 0 amide bonds. The second-order valence-corrected chi connectivity index (χ2v) is 7.60. The second-order valence-electron chi connectivity index (χ2n) is 7.60. The van der Waals surface area contributed by atoms with E-state index in [1.807, 2.05) is 6.07 Å². The summed E-state index contributed by atoms with van der Waals surface area (Å²) in [6.07, 6.45) is 0. The predicted molar refractivity (Wildman–Crippen MR) is 106 cm³/mol. The van der Waals surface area contributed by atoms with Crippen LogP contribution in [-0.2, 0) is 12.0 Å². The SMILES string of the molecule is Cc1c(C)c(C)c(C(C)(C#N)CN(C)Cc2ccccc2)c(C)c1C. The Hall–Kier alpha value is -2.11. The number of nitrogens with zero attached hydrogens (tertiary/aromatic N) is 2. The van der Waals surface area contributed by atoms with Crippen LogP contribution in [0.4, 0.5) is 0 Å². The summed E-state index contributed by atoms with van der Waals surface area (Å²) in [5, 5.41) is 10.1. The number of nitriles is 1. The van der Waals surface area contributed by atoms with Gasteiger partial charge in [-0.25, -0.2) is 0 Å². The van der Waals surface area contributed by atoms with Crippen molar-refractivity contribution in [3.05, 3.63) is 69.3 Å². The lowest BCUT2D eigenvalue weighted by atomic mass is 9.75. The molecule has 0 saturated carbocycles. The molecule has 0 aromatic heterocycles. The van der Waals surface area contributed by atoms with Gasteiger partial charge in [-0.15, -0.1) is 0 Å². The first-order valence-electron chi connectivity index (χ1n) is 8.92. The van der Waals surface area contributed by atoms with Gasteiger partial charge in [0.15, 0.2) is 0 Å². The Kier molecular flexibility index (Phi) is 5.70. The Labute approximate surface area is 153 Å². The van der Waals surface area contributed by atoms with E-state index in [0.717, 1.165) is 6.54 Å². The molecule has 0 bridgehead atoms. The van der Waals surface area contributed by atoms with Crippen LogP contribution in [0.5, 0.6) is 0 Å². The van der Waals surface area contributed by atoms with Gasteiger partial charge in [0.05, 0.1) is 11.5 Å². The topological polar surface area (TPSA) is 27.0 Å². The highest BCUT2D eigenvalue weighted by Crippen LogP contribution is 2.35. The van der Waals surface area contributed by atoms with Gasteiger partial charge in [-0.2, -0.15) is 5.26 Å². The van der Waals surface area contributed by atoms with E-state index in [9.17, 15) is 5.26 Å².